The smallest absolute Gasteiger partial charge is 0.239 e. The Morgan fingerprint density at radius 1 is 1.43 bits per heavy atom. The highest BCUT2D eigenvalue weighted by Crippen LogP contribution is 2.39. The zero-order valence-electron chi connectivity index (χ0n) is 16.6. The van der Waals surface area contributed by atoms with E-state index in [1.165, 1.54) is 0 Å². The fraction of sp³-hybridized carbons (Fsp3) is 0.444. The summed E-state index contributed by atoms with van der Waals surface area (Å²) in [4.78, 5) is 28.7. The van der Waals surface area contributed by atoms with Gasteiger partial charge in [0.2, 0.25) is 11.9 Å². The number of anilines is 2. The van der Waals surface area contributed by atoms with E-state index in [0.717, 1.165) is 31.2 Å². The van der Waals surface area contributed by atoms with Crippen molar-refractivity contribution in [3.05, 3.63) is 27.6 Å². The largest absolute Gasteiger partial charge is 0.359 e. The molecule has 0 spiro atoms. The van der Waals surface area contributed by atoms with Gasteiger partial charge in [0, 0.05) is 37.9 Å². The van der Waals surface area contributed by atoms with Crippen LogP contribution in [0.2, 0.25) is 0 Å². The highest BCUT2D eigenvalue weighted by atomic mass is 79.9. The molecule has 3 rings (SSSR count). The summed E-state index contributed by atoms with van der Waals surface area (Å²) in [7, 11) is 3.78. The topological polar surface area (TPSA) is 88.0 Å². The molecule has 8 nitrogen and oxygen atoms in total. The fourth-order valence-corrected chi connectivity index (χ4v) is 4.52. The van der Waals surface area contributed by atoms with Crippen LogP contribution in [-0.2, 0) is 11.8 Å². The number of hydrogen-bond donors (Lipinski definition) is 2. The first-order valence-electron chi connectivity index (χ1n) is 9.00. The van der Waals surface area contributed by atoms with Crippen LogP contribution in [0.4, 0.5) is 11.8 Å². The molecule has 1 atom stereocenters. The zero-order chi connectivity index (χ0) is 20.4. The number of amides is 1. The lowest BCUT2D eigenvalue weighted by atomic mass is 10.3. The Morgan fingerprint density at radius 3 is 2.82 bits per heavy atom. The number of aromatic nitrogens is 4. The first-order chi connectivity index (χ1) is 13.3. The van der Waals surface area contributed by atoms with E-state index in [0.29, 0.717) is 12.5 Å². The van der Waals surface area contributed by atoms with Crippen LogP contribution in [0.15, 0.2) is 16.9 Å². The maximum Gasteiger partial charge on any atom is 0.239 e. The molecule has 10 heteroatoms. The van der Waals surface area contributed by atoms with Crippen molar-refractivity contribution in [2.45, 2.75) is 26.8 Å². The number of rotatable bonds is 7. The van der Waals surface area contributed by atoms with Gasteiger partial charge in [-0.2, -0.15) is 4.98 Å². The number of nitrogens with zero attached hydrogens (tertiary/aromatic N) is 5. The van der Waals surface area contributed by atoms with Gasteiger partial charge in [-0.15, -0.1) is 11.3 Å². The third-order valence-electron chi connectivity index (χ3n) is 4.32. The van der Waals surface area contributed by atoms with Gasteiger partial charge in [-0.05, 0) is 36.7 Å². The van der Waals surface area contributed by atoms with Crippen LogP contribution in [0.1, 0.15) is 30.6 Å². The van der Waals surface area contributed by atoms with E-state index < -0.39 is 0 Å². The van der Waals surface area contributed by atoms with Gasteiger partial charge < -0.3 is 20.1 Å². The molecule has 0 aliphatic heterocycles. The molecule has 0 saturated heterocycles. The van der Waals surface area contributed by atoms with E-state index in [2.05, 4.69) is 31.5 Å². The van der Waals surface area contributed by atoms with Gasteiger partial charge in [0.15, 0.2) is 0 Å². The van der Waals surface area contributed by atoms with Crippen molar-refractivity contribution in [1.29, 1.82) is 0 Å². The van der Waals surface area contributed by atoms with E-state index >= 15 is 0 Å². The Hall–Kier alpha value is -2.20. The van der Waals surface area contributed by atoms with Gasteiger partial charge in [-0.25, -0.2) is 9.97 Å². The monoisotopic (exact) mass is 465 g/mol. The maximum absolute atomic E-state index is 12.0. The summed E-state index contributed by atoms with van der Waals surface area (Å²) >= 11 is 5.27. The maximum atomic E-state index is 12.0. The Labute approximate surface area is 176 Å². The molecule has 0 fully saturated rings. The molecule has 0 aromatic carbocycles. The molecule has 2 N–H and O–H groups in total. The summed E-state index contributed by atoms with van der Waals surface area (Å²) in [6.07, 6.45) is 3.70. The average Bonchev–Trinajstić information content (AvgIpc) is 3.19. The highest BCUT2D eigenvalue weighted by molar-refractivity contribution is 9.10. The molecule has 3 aromatic rings. The third kappa shape index (κ3) is 4.12. The number of nitrogens with one attached hydrogen (secondary N) is 2. The summed E-state index contributed by atoms with van der Waals surface area (Å²) in [6, 6.07) is -0.0409. The van der Waals surface area contributed by atoms with Gasteiger partial charge in [-0.3, -0.25) is 4.79 Å². The Bertz CT molecular complexity index is 999. The number of thiophene rings is 1. The first-order valence-corrected chi connectivity index (χ1v) is 10.6. The molecule has 0 bridgehead atoms. The second-order valence-electron chi connectivity index (χ2n) is 6.59. The summed E-state index contributed by atoms with van der Waals surface area (Å²) < 4.78 is 3.91. The van der Waals surface area contributed by atoms with Crippen LogP contribution in [-0.4, -0.2) is 45.6 Å². The van der Waals surface area contributed by atoms with E-state index in [4.69, 9.17) is 9.97 Å². The van der Waals surface area contributed by atoms with Gasteiger partial charge in [0.05, 0.1) is 21.8 Å². The molecular weight excluding hydrogens is 442 g/mol. The summed E-state index contributed by atoms with van der Waals surface area (Å²) in [5.41, 5.74) is 0.838. The molecular formula is C18H24BrN7OS. The van der Waals surface area contributed by atoms with Crippen molar-refractivity contribution in [2.24, 2.45) is 7.05 Å². The van der Waals surface area contributed by atoms with Crippen LogP contribution in [0.3, 0.4) is 0 Å². The molecule has 0 aliphatic rings. The zero-order valence-corrected chi connectivity index (χ0v) is 19.0. The number of imidazole rings is 1. The average molecular weight is 466 g/mol. The lowest BCUT2D eigenvalue weighted by molar-refractivity contribution is -0.119. The van der Waals surface area contributed by atoms with E-state index in [9.17, 15) is 4.79 Å². The van der Waals surface area contributed by atoms with E-state index in [1.807, 2.05) is 45.6 Å². The predicted molar refractivity (Wildman–Crippen MR) is 117 cm³/mol. The van der Waals surface area contributed by atoms with E-state index in [1.54, 1.807) is 22.4 Å². The van der Waals surface area contributed by atoms with Crippen molar-refractivity contribution >= 4 is 55.2 Å². The summed E-state index contributed by atoms with van der Waals surface area (Å²) in [5.74, 6) is 2.07. The lowest BCUT2D eigenvalue weighted by Crippen LogP contribution is -2.35. The minimum atomic E-state index is -0.0647. The molecule has 0 aliphatic carbocycles. The van der Waals surface area contributed by atoms with Crippen molar-refractivity contribution in [2.75, 3.05) is 30.4 Å². The molecule has 0 saturated carbocycles. The normalized spacial score (nSPS) is 12.2. The van der Waals surface area contributed by atoms with Gasteiger partial charge in [-0.1, -0.05) is 0 Å². The molecule has 1 unspecified atom stereocenters. The number of halogens is 1. The molecule has 150 valence electrons. The van der Waals surface area contributed by atoms with Crippen molar-refractivity contribution in [3.8, 4) is 0 Å². The second kappa shape index (κ2) is 8.44. The van der Waals surface area contributed by atoms with Crippen LogP contribution in [0.5, 0.6) is 0 Å². The predicted octanol–water partition coefficient (Wildman–Crippen LogP) is 3.24. The van der Waals surface area contributed by atoms with Crippen molar-refractivity contribution in [3.63, 3.8) is 0 Å². The Kier molecular flexibility index (Phi) is 6.19. The van der Waals surface area contributed by atoms with Crippen LogP contribution < -0.4 is 15.5 Å². The van der Waals surface area contributed by atoms with Gasteiger partial charge >= 0.3 is 0 Å². The minimum Gasteiger partial charge on any atom is -0.359 e. The fourth-order valence-electron chi connectivity index (χ4n) is 2.92. The molecule has 3 aromatic heterocycles. The van der Waals surface area contributed by atoms with Crippen molar-refractivity contribution in [1.82, 2.24) is 24.8 Å². The SMILES string of the molecule is CCNC(=O)CN(C)c1nc(NC(C)c2nccn2C)c2sc(C)c(Br)c2n1. The van der Waals surface area contributed by atoms with Crippen LogP contribution in [0.25, 0.3) is 10.2 Å². The standard InChI is InChI=1S/C18H24BrN7OS/c1-6-20-12(27)9-26(5)18-23-14-13(19)11(3)28-15(14)16(24-18)22-10(2)17-21-7-8-25(17)4/h7-8,10H,6,9H2,1-5H3,(H,20,27)(H,22,23,24). The highest BCUT2D eigenvalue weighted by Gasteiger charge is 2.20. The lowest BCUT2D eigenvalue weighted by Gasteiger charge is -2.19. The number of likely N-dealkylation sites (N-methyl/N-ethyl adjacent to an activating group) is 2. The molecule has 1 amide bonds. The van der Waals surface area contributed by atoms with E-state index in [-0.39, 0.29) is 18.5 Å². The summed E-state index contributed by atoms with van der Waals surface area (Å²) in [6.45, 7) is 6.77. The second-order valence-corrected chi connectivity index (χ2v) is 8.61. The molecule has 0 radical (unpaired) electrons. The molecule has 3 heterocycles. The van der Waals surface area contributed by atoms with Gasteiger partial charge in [0.1, 0.15) is 17.2 Å². The van der Waals surface area contributed by atoms with Crippen LogP contribution in [0, 0.1) is 6.92 Å². The number of hydrogen-bond acceptors (Lipinski definition) is 7. The number of aryl methyl sites for hydroxylation is 2. The van der Waals surface area contributed by atoms with Gasteiger partial charge in [0.25, 0.3) is 0 Å². The Balaban J connectivity index is 1.99. The Morgan fingerprint density at radius 2 is 2.18 bits per heavy atom. The quantitative estimate of drug-likeness (QED) is 0.556. The summed E-state index contributed by atoms with van der Waals surface area (Å²) in [5, 5.41) is 6.27. The molecule has 28 heavy (non-hydrogen) atoms. The third-order valence-corrected chi connectivity index (χ3v) is 6.65. The number of carbonyl (C=O) groups is 1. The first kappa shape index (κ1) is 20.5. The minimum absolute atomic E-state index is 0.0409. The number of carbonyl (C=O) groups excluding carboxylic acids is 1. The van der Waals surface area contributed by atoms with Crippen molar-refractivity contribution < 1.29 is 4.79 Å². The van der Waals surface area contributed by atoms with Crippen LogP contribution >= 0.6 is 27.3 Å². The number of fused-ring (bicyclic) bond motifs is 1.